The molecule has 1 saturated heterocycles. The molecule has 0 aromatic rings. The summed E-state index contributed by atoms with van der Waals surface area (Å²) in [7, 11) is 0. The zero-order chi connectivity index (χ0) is 10.9. The maximum atomic E-state index is 10.5. The number of carbonyl (C=O) groups is 1. The Kier molecular flexibility index (Phi) is 2.87. The third-order valence-electron chi connectivity index (χ3n) is 1.80. The Labute approximate surface area is 81.2 Å². The second kappa shape index (κ2) is 3.76. The summed E-state index contributed by atoms with van der Waals surface area (Å²) in [5.41, 5.74) is 8.63. The molecule has 14 heavy (non-hydrogen) atoms. The summed E-state index contributed by atoms with van der Waals surface area (Å²) >= 11 is 0. The van der Waals surface area contributed by atoms with E-state index >= 15 is 0 Å². The van der Waals surface area contributed by atoms with Crippen LogP contribution in [0.1, 0.15) is 0 Å². The molecule has 3 atom stereocenters. The molecule has 1 rings (SSSR count). The van der Waals surface area contributed by atoms with E-state index in [1.807, 2.05) is 0 Å². The van der Waals surface area contributed by atoms with Crippen molar-refractivity contribution in [1.29, 1.82) is 0 Å². The van der Waals surface area contributed by atoms with Gasteiger partial charge in [-0.05, 0) is 5.57 Å². The van der Waals surface area contributed by atoms with E-state index in [-0.39, 0.29) is 5.57 Å². The van der Waals surface area contributed by atoms with Crippen LogP contribution in [-0.2, 0) is 4.79 Å². The van der Waals surface area contributed by atoms with Crippen molar-refractivity contribution in [1.82, 2.24) is 15.7 Å². The minimum Gasteiger partial charge on any atom is -0.480 e. The highest BCUT2D eigenvalue weighted by atomic mass is 16.4. The summed E-state index contributed by atoms with van der Waals surface area (Å²) in [5, 5.41) is 11.5. The average Bonchev–Trinajstić information content (AvgIpc) is 2.78. The zero-order valence-electron chi connectivity index (χ0n) is 7.60. The normalized spacial score (nSPS) is 26.4. The van der Waals surface area contributed by atoms with Gasteiger partial charge in [0.25, 0.3) is 0 Å². The number of aliphatic carboxylic acids is 1. The molecule has 1 aliphatic heterocycles. The van der Waals surface area contributed by atoms with Crippen LogP contribution in [0.3, 0.4) is 0 Å². The summed E-state index contributed by atoms with van der Waals surface area (Å²) in [6.07, 6.45) is 0. The van der Waals surface area contributed by atoms with E-state index in [0.29, 0.717) is 12.4 Å². The molecular weight excluding hydrogens is 186 g/mol. The molecule has 1 fully saturated rings. The molecule has 78 valence electrons. The molecule has 0 aromatic carbocycles. The number of nitrogens with one attached hydrogen (secondary N) is 1. The van der Waals surface area contributed by atoms with Gasteiger partial charge in [-0.25, -0.2) is 0 Å². The lowest BCUT2D eigenvalue weighted by Crippen LogP contribution is -2.36. The van der Waals surface area contributed by atoms with Crippen LogP contribution in [0.2, 0.25) is 0 Å². The zero-order valence-corrected chi connectivity index (χ0v) is 7.60. The Hall–Kier alpha value is -1.41. The first-order chi connectivity index (χ1) is 6.43. The van der Waals surface area contributed by atoms with Gasteiger partial charge in [-0.2, -0.15) is 0 Å². The predicted octanol–water partition coefficient (Wildman–Crippen LogP) is -1.66. The minimum atomic E-state index is -1.15. The van der Waals surface area contributed by atoms with Gasteiger partial charge in [-0.1, -0.05) is 13.2 Å². The van der Waals surface area contributed by atoms with Gasteiger partial charge in [-0.15, -0.1) is 10.2 Å². The quantitative estimate of drug-likeness (QED) is 0.238. The van der Waals surface area contributed by atoms with Gasteiger partial charge in [0.2, 0.25) is 0 Å². The largest absolute Gasteiger partial charge is 0.480 e. The molecule has 1 aliphatic rings. The highest BCUT2D eigenvalue weighted by Crippen LogP contribution is 2.11. The number of hydrogen-bond donors (Lipinski definition) is 4. The number of hydrazine groups is 3. The SMILES string of the molecule is C=C(NN1CN1N)C(=C)[C@H](N)C(=O)O. The molecule has 0 aliphatic carbocycles. The molecule has 1 heterocycles. The number of carboxylic acids is 1. The lowest BCUT2D eigenvalue weighted by atomic mass is 10.1. The fraction of sp³-hybridized carbons (Fsp3) is 0.286. The molecule has 2 unspecified atom stereocenters. The van der Waals surface area contributed by atoms with Gasteiger partial charge >= 0.3 is 5.97 Å². The summed E-state index contributed by atoms with van der Waals surface area (Å²) in [6, 6.07) is -1.15. The number of nitrogens with two attached hydrogens (primary N) is 2. The van der Waals surface area contributed by atoms with E-state index in [4.69, 9.17) is 16.7 Å². The van der Waals surface area contributed by atoms with Crippen LogP contribution in [0.5, 0.6) is 0 Å². The van der Waals surface area contributed by atoms with Crippen LogP contribution >= 0.6 is 0 Å². The maximum absolute atomic E-state index is 10.5. The van der Waals surface area contributed by atoms with Gasteiger partial charge in [0.1, 0.15) is 12.7 Å². The van der Waals surface area contributed by atoms with Crippen molar-refractivity contribution < 1.29 is 9.90 Å². The molecule has 7 nitrogen and oxygen atoms in total. The van der Waals surface area contributed by atoms with E-state index in [1.54, 1.807) is 0 Å². The maximum Gasteiger partial charge on any atom is 0.325 e. The highest BCUT2D eigenvalue weighted by molar-refractivity contribution is 5.78. The van der Waals surface area contributed by atoms with Crippen molar-refractivity contribution in [3.63, 3.8) is 0 Å². The lowest BCUT2D eigenvalue weighted by molar-refractivity contribution is -0.137. The number of hydrogen-bond acceptors (Lipinski definition) is 6. The summed E-state index contributed by atoms with van der Waals surface area (Å²) in [5.74, 6) is 4.18. The van der Waals surface area contributed by atoms with Gasteiger partial charge in [0.15, 0.2) is 0 Å². The number of carboxylic acid groups (broad SMARTS) is 1. The average molecular weight is 199 g/mol. The summed E-state index contributed by atoms with van der Waals surface area (Å²) < 4.78 is 0. The Morgan fingerprint density at radius 2 is 2.07 bits per heavy atom. The second-order valence-electron chi connectivity index (χ2n) is 2.91. The second-order valence-corrected chi connectivity index (χ2v) is 2.91. The first-order valence-electron chi connectivity index (χ1n) is 3.86. The Balaban J connectivity index is 2.44. The van der Waals surface area contributed by atoms with Crippen molar-refractivity contribution in [2.24, 2.45) is 11.6 Å². The molecule has 0 bridgehead atoms. The molecular formula is C7H13N5O2. The third-order valence-corrected chi connectivity index (χ3v) is 1.80. The monoisotopic (exact) mass is 199 g/mol. The van der Waals surface area contributed by atoms with Gasteiger partial charge in [-0.3, -0.25) is 10.6 Å². The van der Waals surface area contributed by atoms with E-state index < -0.39 is 12.0 Å². The fourth-order valence-electron chi connectivity index (χ4n) is 0.773. The van der Waals surface area contributed by atoms with Crippen LogP contribution < -0.4 is 17.0 Å². The topological polar surface area (TPSA) is 107 Å². The van der Waals surface area contributed by atoms with Crippen LogP contribution in [-0.4, -0.2) is 34.0 Å². The predicted molar refractivity (Wildman–Crippen MR) is 49.8 cm³/mol. The van der Waals surface area contributed by atoms with Crippen LogP contribution in [0.4, 0.5) is 0 Å². The van der Waals surface area contributed by atoms with Crippen LogP contribution in [0, 0.1) is 0 Å². The van der Waals surface area contributed by atoms with Crippen LogP contribution in [0.15, 0.2) is 24.4 Å². The van der Waals surface area contributed by atoms with E-state index in [2.05, 4.69) is 18.6 Å². The van der Waals surface area contributed by atoms with Crippen LogP contribution in [0.25, 0.3) is 0 Å². The third kappa shape index (κ3) is 2.30. The van der Waals surface area contributed by atoms with Gasteiger partial charge < -0.3 is 16.3 Å². The van der Waals surface area contributed by atoms with E-state index in [0.717, 1.165) is 0 Å². The minimum absolute atomic E-state index is 0.220. The van der Waals surface area contributed by atoms with Crippen molar-refractivity contribution >= 4 is 5.97 Å². The molecule has 7 heteroatoms. The number of nitrogens with zero attached hydrogens (tertiary/aromatic N) is 2. The van der Waals surface area contributed by atoms with Crippen molar-refractivity contribution in [2.75, 3.05) is 6.67 Å². The summed E-state index contributed by atoms with van der Waals surface area (Å²) in [6.45, 7) is 7.66. The highest BCUT2D eigenvalue weighted by Gasteiger charge is 2.29. The molecule has 0 aromatic heterocycles. The number of rotatable bonds is 5. The lowest BCUT2D eigenvalue weighted by Gasteiger charge is -2.14. The molecule has 6 N–H and O–H groups in total. The van der Waals surface area contributed by atoms with Crippen molar-refractivity contribution in [3.8, 4) is 0 Å². The molecule has 0 saturated carbocycles. The molecule has 0 amide bonds. The fourth-order valence-corrected chi connectivity index (χ4v) is 0.773. The molecule has 0 radical (unpaired) electrons. The van der Waals surface area contributed by atoms with Crippen molar-refractivity contribution in [2.45, 2.75) is 6.04 Å². The summed E-state index contributed by atoms with van der Waals surface area (Å²) in [4.78, 5) is 10.5. The molecule has 0 spiro atoms. The first kappa shape index (κ1) is 10.7. The smallest absolute Gasteiger partial charge is 0.325 e. The standard InChI is InChI=1S/C7H13N5O2/c1-4(6(8)7(13)14)5(2)10-12-3-11(12)9/h6,10H,1-3,8-9H2,(H,13,14)/t6-,11?,12?/m0/s1. The van der Waals surface area contributed by atoms with Gasteiger partial charge in [0.05, 0.1) is 0 Å². The van der Waals surface area contributed by atoms with Gasteiger partial charge in [0, 0.05) is 5.70 Å². The Morgan fingerprint density at radius 1 is 1.57 bits per heavy atom. The Morgan fingerprint density at radius 3 is 2.43 bits per heavy atom. The Bertz CT molecular complexity index is 290. The van der Waals surface area contributed by atoms with E-state index in [9.17, 15) is 4.79 Å². The first-order valence-corrected chi connectivity index (χ1v) is 3.86. The van der Waals surface area contributed by atoms with Crippen molar-refractivity contribution in [3.05, 3.63) is 24.4 Å². The van der Waals surface area contributed by atoms with E-state index in [1.165, 1.54) is 10.2 Å².